The highest BCUT2D eigenvalue weighted by Gasteiger charge is 2.28. The molecule has 0 bridgehead atoms. The van der Waals surface area contributed by atoms with Crippen LogP contribution in [-0.4, -0.2) is 29.4 Å². The first kappa shape index (κ1) is 12.5. The fraction of sp³-hybridized carbons (Fsp3) is 0.917. The molecule has 0 aliphatic heterocycles. The monoisotopic (exact) mass is 212 g/mol. The lowest BCUT2D eigenvalue weighted by Crippen LogP contribution is -2.48. The van der Waals surface area contributed by atoms with E-state index in [1.807, 2.05) is 4.90 Å². The van der Waals surface area contributed by atoms with Crippen LogP contribution in [0.5, 0.6) is 0 Å². The molecule has 0 spiro atoms. The van der Waals surface area contributed by atoms with Crippen molar-refractivity contribution in [2.75, 3.05) is 6.54 Å². The van der Waals surface area contributed by atoms with Gasteiger partial charge >= 0.3 is 0 Å². The van der Waals surface area contributed by atoms with Gasteiger partial charge in [-0.15, -0.1) is 0 Å². The van der Waals surface area contributed by atoms with Crippen LogP contribution in [0.2, 0.25) is 0 Å². The molecule has 1 fully saturated rings. The Labute approximate surface area is 93.0 Å². The second-order valence-electron chi connectivity index (χ2n) is 5.11. The lowest BCUT2D eigenvalue weighted by atomic mass is 10.1. The van der Waals surface area contributed by atoms with Crippen molar-refractivity contribution in [1.82, 2.24) is 4.90 Å². The molecule has 88 valence electrons. The third-order valence-corrected chi connectivity index (χ3v) is 3.00. The molecule has 0 heterocycles. The van der Waals surface area contributed by atoms with Crippen molar-refractivity contribution in [1.29, 1.82) is 0 Å². The Hall–Kier alpha value is -0.570. The summed E-state index contributed by atoms with van der Waals surface area (Å²) in [6.45, 7) is 6.93. The first-order chi connectivity index (χ1) is 7.02. The Kier molecular flexibility index (Phi) is 4.58. The second kappa shape index (κ2) is 5.50. The summed E-state index contributed by atoms with van der Waals surface area (Å²) in [5.74, 6) is 0.643. The minimum atomic E-state index is -0.357. The number of nitrogens with two attached hydrogens (primary N) is 1. The smallest absolute Gasteiger partial charge is 0.239 e. The molecule has 3 nitrogen and oxygen atoms in total. The molecule has 15 heavy (non-hydrogen) atoms. The molecule has 0 aromatic carbocycles. The molecule has 1 atom stereocenters. The maximum absolute atomic E-state index is 12.0. The highest BCUT2D eigenvalue weighted by atomic mass is 16.2. The first-order valence-corrected chi connectivity index (χ1v) is 6.08. The van der Waals surface area contributed by atoms with E-state index in [4.69, 9.17) is 5.73 Å². The van der Waals surface area contributed by atoms with Crippen LogP contribution in [0.15, 0.2) is 0 Å². The molecule has 1 aliphatic carbocycles. The van der Waals surface area contributed by atoms with Crippen molar-refractivity contribution in [2.24, 2.45) is 11.7 Å². The number of rotatable bonds is 4. The van der Waals surface area contributed by atoms with E-state index >= 15 is 0 Å². The molecule has 1 aliphatic rings. The van der Waals surface area contributed by atoms with E-state index in [-0.39, 0.29) is 11.9 Å². The van der Waals surface area contributed by atoms with Gasteiger partial charge in [0.05, 0.1) is 6.04 Å². The summed E-state index contributed by atoms with van der Waals surface area (Å²) in [6, 6.07) is 0.0928. The molecule has 2 N–H and O–H groups in total. The van der Waals surface area contributed by atoms with Gasteiger partial charge in [0.25, 0.3) is 0 Å². The van der Waals surface area contributed by atoms with Gasteiger partial charge in [-0.25, -0.2) is 0 Å². The van der Waals surface area contributed by atoms with E-state index in [9.17, 15) is 4.79 Å². The van der Waals surface area contributed by atoms with Crippen LogP contribution in [0.25, 0.3) is 0 Å². The fourth-order valence-electron chi connectivity index (χ4n) is 2.29. The number of nitrogens with zero attached hydrogens (tertiary/aromatic N) is 1. The van der Waals surface area contributed by atoms with Crippen molar-refractivity contribution in [3.05, 3.63) is 0 Å². The normalized spacial score (nSPS) is 19.5. The highest BCUT2D eigenvalue weighted by Crippen LogP contribution is 2.24. The highest BCUT2D eigenvalue weighted by molar-refractivity contribution is 5.81. The number of amides is 1. The van der Waals surface area contributed by atoms with E-state index in [1.54, 1.807) is 6.92 Å². The zero-order valence-electron chi connectivity index (χ0n) is 10.2. The Morgan fingerprint density at radius 2 is 1.87 bits per heavy atom. The minimum Gasteiger partial charge on any atom is -0.338 e. The van der Waals surface area contributed by atoms with Crippen LogP contribution < -0.4 is 5.73 Å². The quantitative estimate of drug-likeness (QED) is 0.772. The molecule has 0 saturated heterocycles. The largest absolute Gasteiger partial charge is 0.338 e. The second-order valence-corrected chi connectivity index (χ2v) is 5.11. The molecular weight excluding hydrogens is 188 g/mol. The van der Waals surface area contributed by atoms with Gasteiger partial charge in [-0.1, -0.05) is 26.7 Å². The molecule has 3 heteroatoms. The zero-order valence-corrected chi connectivity index (χ0v) is 10.2. The third kappa shape index (κ3) is 3.49. The van der Waals surface area contributed by atoms with E-state index in [2.05, 4.69) is 13.8 Å². The van der Waals surface area contributed by atoms with Gasteiger partial charge in [0.2, 0.25) is 5.91 Å². The summed E-state index contributed by atoms with van der Waals surface area (Å²) >= 11 is 0. The van der Waals surface area contributed by atoms with Crippen molar-refractivity contribution >= 4 is 5.91 Å². The van der Waals surface area contributed by atoms with Gasteiger partial charge in [-0.05, 0) is 25.7 Å². The summed E-state index contributed by atoms with van der Waals surface area (Å²) < 4.78 is 0. The van der Waals surface area contributed by atoms with Crippen LogP contribution >= 0.6 is 0 Å². The maximum Gasteiger partial charge on any atom is 0.239 e. The number of carbonyl (C=O) groups excluding carboxylic acids is 1. The van der Waals surface area contributed by atoms with E-state index < -0.39 is 0 Å². The molecule has 1 amide bonds. The molecule has 1 rings (SSSR count). The Morgan fingerprint density at radius 3 is 2.27 bits per heavy atom. The standard InChI is InChI=1S/C12H24N2O/c1-9(2)8-14(12(15)10(3)13)11-6-4-5-7-11/h9-11H,4-8,13H2,1-3H3/t10-/m0/s1. The van der Waals surface area contributed by atoms with Crippen LogP contribution in [0.1, 0.15) is 46.5 Å². The number of hydrogen-bond donors (Lipinski definition) is 1. The van der Waals surface area contributed by atoms with Gasteiger partial charge in [-0.3, -0.25) is 4.79 Å². The zero-order chi connectivity index (χ0) is 11.4. The number of carbonyl (C=O) groups is 1. The predicted molar refractivity (Wildman–Crippen MR) is 62.5 cm³/mol. The van der Waals surface area contributed by atoms with Gasteiger partial charge < -0.3 is 10.6 Å². The predicted octanol–water partition coefficient (Wildman–Crippen LogP) is 1.76. The first-order valence-electron chi connectivity index (χ1n) is 6.08. The summed E-state index contributed by atoms with van der Waals surface area (Å²) in [5, 5.41) is 0. The average Bonchev–Trinajstić information content (AvgIpc) is 2.65. The molecule has 0 aromatic rings. The topological polar surface area (TPSA) is 46.3 Å². The van der Waals surface area contributed by atoms with Crippen LogP contribution in [0, 0.1) is 5.92 Å². The van der Waals surface area contributed by atoms with Crippen LogP contribution in [-0.2, 0) is 4.79 Å². The Bertz CT molecular complexity index is 208. The summed E-state index contributed by atoms with van der Waals surface area (Å²) in [6.07, 6.45) is 4.83. The van der Waals surface area contributed by atoms with Crippen molar-refractivity contribution in [3.8, 4) is 0 Å². The Morgan fingerprint density at radius 1 is 1.33 bits per heavy atom. The van der Waals surface area contributed by atoms with Gasteiger partial charge in [0.15, 0.2) is 0 Å². The molecule has 0 aromatic heterocycles. The molecule has 0 unspecified atom stereocenters. The van der Waals surface area contributed by atoms with Crippen LogP contribution in [0.4, 0.5) is 0 Å². The van der Waals surface area contributed by atoms with Crippen molar-refractivity contribution in [3.63, 3.8) is 0 Å². The summed E-state index contributed by atoms with van der Waals surface area (Å²) in [7, 11) is 0. The van der Waals surface area contributed by atoms with Crippen molar-refractivity contribution in [2.45, 2.75) is 58.5 Å². The summed E-state index contributed by atoms with van der Waals surface area (Å²) in [4.78, 5) is 14.0. The van der Waals surface area contributed by atoms with Crippen LogP contribution in [0.3, 0.4) is 0 Å². The minimum absolute atomic E-state index is 0.121. The van der Waals surface area contributed by atoms with Gasteiger partial charge in [-0.2, -0.15) is 0 Å². The van der Waals surface area contributed by atoms with Gasteiger partial charge in [0, 0.05) is 12.6 Å². The SMILES string of the molecule is CC(C)CN(C(=O)[C@H](C)N)C1CCCC1. The molecular formula is C12H24N2O. The maximum atomic E-state index is 12.0. The van der Waals surface area contributed by atoms with Gasteiger partial charge in [0.1, 0.15) is 0 Å². The lowest BCUT2D eigenvalue weighted by molar-refractivity contribution is -0.135. The Balaban J connectivity index is 2.63. The lowest BCUT2D eigenvalue weighted by Gasteiger charge is -2.32. The van der Waals surface area contributed by atoms with E-state index in [0.717, 1.165) is 19.4 Å². The van der Waals surface area contributed by atoms with Crippen molar-refractivity contribution < 1.29 is 4.79 Å². The number of hydrogen-bond acceptors (Lipinski definition) is 2. The third-order valence-electron chi connectivity index (χ3n) is 3.00. The fourth-order valence-corrected chi connectivity index (χ4v) is 2.29. The molecule has 0 radical (unpaired) electrons. The van der Waals surface area contributed by atoms with E-state index in [1.165, 1.54) is 12.8 Å². The molecule has 1 saturated carbocycles. The average molecular weight is 212 g/mol. The summed E-state index contributed by atoms with van der Waals surface area (Å²) in [5.41, 5.74) is 5.69. The van der Waals surface area contributed by atoms with E-state index in [0.29, 0.717) is 12.0 Å².